The predicted molar refractivity (Wildman–Crippen MR) is 111 cm³/mol. The molecule has 148 valence electrons. The molecule has 2 aromatic rings. The predicted octanol–water partition coefficient (Wildman–Crippen LogP) is 3.48. The summed E-state index contributed by atoms with van der Waals surface area (Å²) in [6, 6.07) is 8.85. The molecule has 1 aromatic carbocycles. The molecule has 0 bridgehead atoms. The van der Waals surface area contributed by atoms with E-state index in [0.717, 1.165) is 5.76 Å². The highest BCUT2D eigenvalue weighted by molar-refractivity contribution is 6.34. The van der Waals surface area contributed by atoms with Crippen LogP contribution in [0.15, 0.2) is 46.0 Å². The number of aliphatic hydroxyl groups is 1. The van der Waals surface area contributed by atoms with Crippen LogP contribution in [0.3, 0.4) is 0 Å². The standard InChI is InChI=1S/C19H26Cl2N4O2/c1-4-22-19(23-11-16(25(2)3)18-6-5-7-27-18)24-12-17(26)13-8-14(20)10-15(21)9-13/h5-10,16-17,26H,4,11-12H2,1-3H3,(H2,22,23,24). The Morgan fingerprint density at radius 3 is 2.48 bits per heavy atom. The largest absolute Gasteiger partial charge is 0.468 e. The van der Waals surface area contributed by atoms with E-state index in [1.165, 1.54) is 0 Å². The van der Waals surface area contributed by atoms with Crippen LogP contribution in [-0.2, 0) is 0 Å². The number of furan rings is 1. The number of rotatable bonds is 8. The van der Waals surface area contributed by atoms with Crippen LogP contribution in [0.2, 0.25) is 10.0 Å². The van der Waals surface area contributed by atoms with E-state index in [-0.39, 0.29) is 12.6 Å². The van der Waals surface area contributed by atoms with E-state index in [9.17, 15) is 5.11 Å². The van der Waals surface area contributed by atoms with Crippen molar-refractivity contribution in [1.82, 2.24) is 15.5 Å². The van der Waals surface area contributed by atoms with Gasteiger partial charge in [0.15, 0.2) is 5.96 Å². The molecule has 1 aromatic heterocycles. The summed E-state index contributed by atoms with van der Waals surface area (Å²) in [7, 11) is 3.96. The molecule has 6 nitrogen and oxygen atoms in total. The summed E-state index contributed by atoms with van der Waals surface area (Å²) >= 11 is 12.0. The van der Waals surface area contributed by atoms with Crippen molar-refractivity contribution in [2.75, 3.05) is 33.7 Å². The molecule has 27 heavy (non-hydrogen) atoms. The summed E-state index contributed by atoms with van der Waals surface area (Å²) in [6.45, 7) is 3.48. The van der Waals surface area contributed by atoms with E-state index in [2.05, 4.69) is 20.5 Å². The number of halogens is 2. The van der Waals surface area contributed by atoms with E-state index in [0.29, 0.717) is 34.7 Å². The first kappa shape index (κ1) is 21.6. The molecule has 0 saturated carbocycles. The number of hydrogen-bond acceptors (Lipinski definition) is 4. The first-order chi connectivity index (χ1) is 12.9. The van der Waals surface area contributed by atoms with Gasteiger partial charge < -0.3 is 20.2 Å². The number of nitrogens with zero attached hydrogens (tertiary/aromatic N) is 2. The van der Waals surface area contributed by atoms with Crippen molar-refractivity contribution in [3.63, 3.8) is 0 Å². The Balaban J connectivity index is 2.02. The SMILES string of the molecule is CCNC(=NCC(c1ccco1)N(C)C)NCC(O)c1cc(Cl)cc(Cl)c1. The molecule has 2 rings (SSSR count). The average Bonchev–Trinajstić information content (AvgIpc) is 3.12. The molecular formula is C19H26Cl2N4O2. The van der Waals surface area contributed by atoms with Gasteiger partial charge in [-0.25, -0.2) is 0 Å². The van der Waals surface area contributed by atoms with Gasteiger partial charge in [0, 0.05) is 23.1 Å². The molecule has 0 saturated heterocycles. The minimum atomic E-state index is -0.764. The fourth-order valence-corrected chi connectivity index (χ4v) is 3.13. The Labute approximate surface area is 170 Å². The number of likely N-dealkylation sites (N-methyl/N-ethyl adjacent to an activating group) is 1. The van der Waals surface area contributed by atoms with Crippen LogP contribution < -0.4 is 10.6 Å². The molecule has 8 heteroatoms. The lowest BCUT2D eigenvalue weighted by Gasteiger charge is -2.21. The maximum absolute atomic E-state index is 10.4. The van der Waals surface area contributed by atoms with Gasteiger partial charge in [-0.3, -0.25) is 9.89 Å². The smallest absolute Gasteiger partial charge is 0.191 e. The zero-order valence-electron chi connectivity index (χ0n) is 15.7. The average molecular weight is 413 g/mol. The van der Waals surface area contributed by atoms with Crippen LogP contribution in [-0.4, -0.2) is 49.7 Å². The van der Waals surface area contributed by atoms with Crippen LogP contribution in [0.4, 0.5) is 0 Å². The molecule has 2 atom stereocenters. The zero-order chi connectivity index (χ0) is 19.8. The molecule has 0 spiro atoms. The molecule has 0 aliphatic rings. The summed E-state index contributed by atoms with van der Waals surface area (Å²) in [4.78, 5) is 6.67. The fraction of sp³-hybridized carbons (Fsp3) is 0.421. The minimum absolute atomic E-state index is 0.0205. The third-order valence-electron chi connectivity index (χ3n) is 3.99. The maximum Gasteiger partial charge on any atom is 0.191 e. The molecule has 1 heterocycles. The van der Waals surface area contributed by atoms with Gasteiger partial charge in [0.25, 0.3) is 0 Å². The summed E-state index contributed by atoms with van der Waals surface area (Å²) in [6.07, 6.45) is 0.894. The third kappa shape index (κ3) is 6.74. The summed E-state index contributed by atoms with van der Waals surface area (Å²) in [5, 5.41) is 17.7. The first-order valence-electron chi connectivity index (χ1n) is 8.76. The minimum Gasteiger partial charge on any atom is -0.468 e. The Bertz CT molecular complexity index is 715. The third-order valence-corrected chi connectivity index (χ3v) is 4.43. The monoisotopic (exact) mass is 412 g/mol. The maximum atomic E-state index is 10.4. The van der Waals surface area contributed by atoms with Crippen LogP contribution >= 0.6 is 23.2 Å². The molecule has 0 radical (unpaired) electrons. The van der Waals surface area contributed by atoms with Gasteiger partial charge >= 0.3 is 0 Å². The second kappa shape index (κ2) is 10.6. The number of hydrogen-bond donors (Lipinski definition) is 3. The Morgan fingerprint density at radius 1 is 1.22 bits per heavy atom. The van der Waals surface area contributed by atoms with Crippen molar-refractivity contribution in [3.05, 3.63) is 58.0 Å². The van der Waals surface area contributed by atoms with E-state index in [4.69, 9.17) is 27.6 Å². The molecule has 0 aliphatic carbocycles. The van der Waals surface area contributed by atoms with Crippen LogP contribution in [0.25, 0.3) is 0 Å². The van der Waals surface area contributed by atoms with Crippen molar-refractivity contribution in [2.24, 2.45) is 4.99 Å². The van der Waals surface area contributed by atoms with Gasteiger partial charge in [-0.2, -0.15) is 0 Å². The second-order valence-corrected chi connectivity index (χ2v) is 7.19. The molecule has 0 aliphatic heterocycles. The van der Waals surface area contributed by atoms with Crippen molar-refractivity contribution >= 4 is 29.2 Å². The quantitative estimate of drug-likeness (QED) is 0.457. The highest BCUT2D eigenvalue weighted by Gasteiger charge is 2.17. The molecular weight excluding hydrogens is 387 g/mol. The van der Waals surface area contributed by atoms with E-state index in [1.54, 1.807) is 24.5 Å². The molecule has 2 unspecified atom stereocenters. The van der Waals surface area contributed by atoms with Crippen molar-refractivity contribution < 1.29 is 9.52 Å². The fourth-order valence-electron chi connectivity index (χ4n) is 2.59. The Morgan fingerprint density at radius 2 is 1.93 bits per heavy atom. The topological polar surface area (TPSA) is 73.0 Å². The number of aliphatic hydroxyl groups excluding tert-OH is 1. The lowest BCUT2D eigenvalue weighted by atomic mass is 10.1. The summed E-state index contributed by atoms with van der Waals surface area (Å²) in [5.41, 5.74) is 0.651. The number of aliphatic imine (C=N–C) groups is 1. The molecule has 0 fully saturated rings. The van der Waals surface area contributed by atoms with E-state index < -0.39 is 6.10 Å². The number of benzene rings is 1. The zero-order valence-corrected chi connectivity index (χ0v) is 17.3. The lowest BCUT2D eigenvalue weighted by molar-refractivity contribution is 0.181. The number of guanidine groups is 1. The van der Waals surface area contributed by atoms with Crippen molar-refractivity contribution in [1.29, 1.82) is 0 Å². The highest BCUT2D eigenvalue weighted by Crippen LogP contribution is 2.23. The van der Waals surface area contributed by atoms with Crippen molar-refractivity contribution in [2.45, 2.75) is 19.1 Å². The Kier molecular flexibility index (Phi) is 8.44. The molecule has 3 N–H and O–H groups in total. The number of nitrogens with one attached hydrogen (secondary N) is 2. The highest BCUT2D eigenvalue weighted by atomic mass is 35.5. The lowest BCUT2D eigenvalue weighted by Crippen LogP contribution is -2.40. The summed E-state index contributed by atoms with van der Waals surface area (Å²) < 4.78 is 5.51. The van der Waals surface area contributed by atoms with Crippen LogP contribution in [0, 0.1) is 0 Å². The van der Waals surface area contributed by atoms with Gasteiger partial charge in [-0.1, -0.05) is 23.2 Å². The molecule has 0 amide bonds. The Hall–Kier alpha value is -1.73. The van der Waals surface area contributed by atoms with E-state index >= 15 is 0 Å². The normalized spacial score (nSPS) is 14.3. The van der Waals surface area contributed by atoms with Gasteiger partial charge in [-0.15, -0.1) is 0 Å². The summed E-state index contributed by atoms with van der Waals surface area (Å²) in [5.74, 6) is 1.47. The van der Waals surface area contributed by atoms with Crippen LogP contribution in [0.5, 0.6) is 0 Å². The first-order valence-corrected chi connectivity index (χ1v) is 9.52. The second-order valence-electron chi connectivity index (χ2n) is 6.31. The van der Waals surface area contributed by atoms with Gasteiger partial charge in [-0.05, 0) is 56.9 Å². The van der Waals surface area contributed by atoms with Gasteiger partial charge in [0.05, 0.1) is 25.0 Å². The van der Waals surface area contributed by atoms with E-state index in [1.807, 2.05) is 33.2 Å². The van der Waals surface area contributed by atoms with Gasteiger partial charge in [0.1, 0.15) is 5.76 Å². The van der Waals surface area contributed by atoms with Crippen LogP contribution in [0.1, 0.15) is 30.4 Å². The van der Waals surface area contributed by atoms with Crippen molar-refractivity contribution in [3.8, 4) is 0 Å². The van der Waals surface area contributed by atoms with Gasteiger partial charge in [0.2, 0.25) is 0 Å².